The summed E-state index contributed by atoms with van der Waals surface area (Å²) in [7, 11) is 0. The average Bonchev–Trinajstić information content (AvgIpc) is 1.91. The number of rotatable bonds is 2. The summed E-state index contributed by atoms with van der Waals surface area (Å²) in [5, 5.41) is 0. The zero-order valence-corrected chi connectivity index (χ0v) is 8.52. The largest absolute Gasteiger partial charge is 0.268 e. The van der Waals surface area contributed by atoms with Crippen LogP contribution in [0.4, 0.5) is 0 Å². The Morgan fingerprint density at radius 1 is 1.46 bits per heavy atom. The Balaban J connectivity index is 2.25. The lowest BCUT2D eigenvalue weighted by Gasteiger charge is -2.19. The van der Waals surface area contributed by atoms with Crippen LogP contribution in [0.1, 0.15) is 40.0 Å². The Labute approximate surface area is 79.1 Å². The second kappa shape index (κ2) is 3.92. The maximum atomic E-state index is 11.2. The fourth-order valence-corrected chi connectivity index (χ4v) is 0.943. The van der Waals surface area contributed by atoms with Crippen LogP contribution in [-0.2, 0) is 9.63 Å². The van der Waals surface area contributed by atoms with E-state index in [4.69, 9.17) is 4.84 Å². The van der Waals surface area contributed by atoms with E-state index in [0.717, 1.165) is 12.8 Å². The summed E-state index contributed by atoms with van der Waals surface area (Å²) in [6, 6.07) is 0. The Morgan fingerprint density at radius 2 is 2.08 bits per heavy atom. The average molecular weight is 183 g/mol. The molecule has 0 heterocycles. The van der Waals surface area contributed by atoms with Crippen molar-refractivity contribution in [2.45, 2.75) is 45.6 Å². The van der Waals surface area contributed by atoms with Crippen molar-refractivity contribution < 1.29 is 9.63 Å². The van der Waals surface area contributed by atoms with Gasteiger partial charge in [-0.3, -0.25) is 9.63 Å². The maximum Gasteiger partial charge on any atom is 0.267 e. The molecule has 1 N–H and O–H groups in total. The minimum Gasteiger partial charge on any atom is -0.268 e. The van der Waals surface area contributed by atoms with Crippen molar-refractivity contribution in [1.29, 1.82) is 0 Å². The van der Waals surface area contributed by atoms with Gasteiger partial charge in [-0.15, -0.1) is 0 Å². The molecule has 0 spiro atoms. The maximum absolute atomic E-state index is 11.2. The van der Waals surface area contributed by atoms with Crippen molar-refractivity contribution in [2.24, 2.45) is 0 Å². The van der Waals surface area contributed by atoms with Gasteiger partial charge in [-0.25, -0.2) is 5.48 Å². The van der Waals surface area contributed by atoms with Crippen molar-refractivity contribution in [3.05, 3.63) is 11.6 Å². The van der Waals surface area contributed by atoms with Gasteiger partial charge in [0.2, 0.25) is 0 Å². The molecule has 0 radical (unpaired) electrons. The molecule has 1 rings (SSSR count). The minimum absolute atomic E-state index is 0.148. The third-order valence-corrected chi connectivity index (χ3v) is 1.79. The van der Waals surface area contributed by atoms with Crippen molar-refractivity contribution in [1.82, 2.24) is 5.48 Å². The van der Waals surface area contributed by atoms with Crippen LogP contribution in [-0.4, -0.2) is 11.5 Å². The van der Waals surface area contributed by atoms with Crippen LogP contribution in [0.2, 0.25) is 0 Å². The van der Waals surface area contributed by atoms with Gasteiger partial charge in [0.1, 0.15) is 0 Å². The molecular formula is C10H17NO2. The lowest BCUT2D eigenvalue weighted by molar-refractivity contribution is -0.140. The van der Waals surface area contributed by atoms with Gasteiger partial charge in [0.15, 0.2) is 0 Å². The van der Waals surface area contributed by atoms with Crippen molar-refractivity contribution in [3.63, 3.8) is 0 Å². The van der Waals surface area contributed by atoms with Crippen molar-refractivity contribution in [2.75, 3.05) is 0 Å². The smallest absolute Gasteiger partial charge is 0.267 e. The molecule has 0 aromatic carbocycles. The molecule has 13 heavy (non-hydrogen) atoms. The number of hydroxylamine groups is 1. The Morgan fingerprint density at radius 3 is 2.46 bits per heavy atom. The fraction of sp³-hybridized carbons (Fsp3) is 0.700. The molecule has 74 valence electrons. The Kier molecular flexibility index (Phi) is 3.09. The summed E-state index contributed by atoms with van der Waals surface area (Å²) < 4.78 is 0. The van der Waals surface area contributed by atoms with Crippen LogP contribution in [0, 0.1) is 0 Å². The molecule has 1 aliphatic rings. The molecule has 3 nitrogen and oxygen atoms in total. The standard InChI is InChI=1S/C10H17NO2/c1-10(2,3)13-11-9(12)7-8-5-4-6-8/h7H,4-6H2,1-3H3,(H,11,12). The molecular weight excluding hydrogens is 166 g/mol. The molecule has 1 amide bonds. The second-order valence-electron chi connectivity index (χ2n) is 4.34. The quantitative estimate of drug-likeness (QED) is 0.525. The van der Waals surface area contributed by atoms with Crippen LogP contribution in [0.25, 0.3) is 0 Å². The summed E-state index contributed by atoms with van der Waals surface area (Å²) in [5.41, 5.74) is 3.30. The van der Waals surface area contributed by atoms with Crippen LogP contribution >= 0.6 is 0 Å². The van der Waals surface area contributed by atoms with E-state index in [0.29, 0.717) is 0 Å². The normalized spacial score (nSPS) is 16.4. The fourth-order valence-electron chi connectivity index (χ4n) is 0.943. The predicted octanol–water partition coefficient (Wildman–Crippen LogP) is 1.94. The number of hydrogen-bond donors (Lipinski definition) is 1. The van der Waals surface area contributed by atoms with Gasteiger partial charge in [0, 0.05) is 6.08 Å². The van der Waals surface area contributed by atoms with Gasteiger partial charge in [-0.2, -0.15) is 0 Å². The highest BCUT2D eigenvalue weighted by Crippen LogP contribution is 2.24. The summed E-state index contributed by atoms with van der Waals surface area (Å²) in [6.45, 7) is 5.68. The molecule has 0 unspecified atom stereocenters. The van der Waals surface area contributed by atoms with E-state index < -0.39 is 0 Å². The van der Waals surface area contributed by atoms with Gasteiger partial charge in [0.25, 0.3) is 5.91 Å². The predicted molar refractivity (Wildman–Crippen MR) is 50.9 cm³/mol. The minimum atomic E-state index is -0.326. The highest BCUT2D eigenvalue weighted by Gasteiger charge is 2.13. The first kappa shape index (κ1) is 10.3. The zero-order chi connectivity index (χ0) is 9.90. The molecule has 1 saturated carbocycles. The van der Waals surface area contributed by atoms with E-state index in [-0.39, 0.29) is 11.5 Å². The number of amides is 1. The van der Waals surface area contributed by atoms with Gasteiger partial charge in [-0.05, 0) is 40.0 Å². The van der Waals surface area contributed by atoms with Crippen LogP contribution in [0.5, 0.6) is 0 Å². The van der Waals surface area contributed by atoms with E-state index in [1.54, 1.807) is 6.08 Å². The lowest BCUT2D eigenvalue weighted by Crippen LogP contribution is -2.32. The number of carbonyl (C=O) groups is 1. The molecule has 0 aliphatic heterocycles. The van der Waals surface area contributed by atoms with E-state index in [1.807, 2.05) is 20.8 Å². The molecule has 0 aromatic heterocycles. The summed E-state index contributed by atoms with van der Waals surface area (Å²) >= 11 is 0. The van der Waals surface area contributed by atoms with Gasteiger partial charge < -0.3 is 0 Å². The van der Waals surface area contributed by atoms with E-state index in [2.05, 4.69) is 5.48 Å². The summed E-state index contributed by atoms with van der Waals surface area (Å²) in [6.07, 6.45) is 4.96. The second-order valence-corrected chi connectivity index (χ2v) is 4.34. The molecule has 0 atom stereocenters. The molecule has 0 bridgehead atoms. The van der Waals surface area contributed by atoms with Gasteiger partial charge in [-0.1, -0.05) is 5.57 Å². The zero-order valence-electron chi connectivity index (χ0n) is 8.52. The molecule has 1 aliphatic carbocycles. The molecule has 1 fully saturated rings. The highest BCUT2D eigenvalue weighted by atomic mass is 16.7. The SMILES string of the molecule is CC(C)(C)ONC(=O)C=C1CCC1. The number of hydrogen-bond acceptors (Lipinski definition) is 2. The van der Waals surface area contributed by atoms with Gasteiger partial charge >= 0.3 is 0 Å². The first-order chi connectivity index (χ1) is 5.97. The lowest BCUT2D eigenvalue weighted by atomic mass is 9.92. The van der Waals surface area contributed by atoms with E-state index in [9.17, 15) is 4.79 Å². The highest BCUT2D eigenvalue weighted by molar-refractivity contribution is 5.87. The molecule has 0 aromatic rings. The Hall–Kier alpha value is -0.830. The number of carbonyl (C=O) groups excluding carboxylic acids is 1. The van der Waals surface area contributed by atoms with Crippen LogP contribution < -0.4 is 5.48 Å². The third kappa shape index (κ3) is 4.08. The topological polar surface area (TPSA) is 38.3 Å². The first-order valence-corrected chi connectivity index (χ1v) is 4.65. The van der Waals surface area contributed by atoms with Gasteiger partial charge in [0.05, 0.1) is 5.60 Å². The third-order valence-electron chi connectivity index (χ3n) is 1.79. The van der Waals surface area contributed by atoms with Crippen molar-refractivity contribution in [3.8, 4) is 0 Å². The first-order valence-electron chi connectivity index (χ1n) is 4.65. The molecule has 0 saturated heterocycles. The van der Waals surface area contributed by atoms with Crippen molar-refractivity contribution >= 4 is 5.91 Å². The summed E-state index contributed by atoms with van der Waals surface area (Å²) in [5.74, 6) is -0.148. The molecule has 3 heteroatoms. The van der Waals surface area contributed by atoms with Crippen LogP contribution in [0.3, 0.4) is 0 Å². The van der Waals surface area contributed by atoms with Crippen LogP contribution in [0.15, 0.2) is 11.6 Å². The monoisotopic (exact) mass is 183 g/mol. The summed E-state index contributed by atoms with van der Waals surface area (Å²) in [4.78, 5) is 16.3. The Bertz CT molecular complexity index is 220. The number of nitrogens with one attached hydrogen (secondary N) is 1. The van der Waals surface area contributed by atoms with E-state index in [1.165, 1.54) is 12.0 Å². The number of allylic oxidation sites excluding steroid dienone is 1. The van der Waals surface area contributed by atoms with E-state index >= 15 is 0 Å².